The second-order valence-corrected chi connectivity index (χ2v) is 2.94. The van der Waals surface area contributed by atoms with Gasteiger partial charge >= 0.3 is 5.97 Å². The first-order valence-electron chi connectivity index (χ1n) is 4.06. The standard InChI is InChI=1S/C7H12N2O4/c10-6(11)4-9(13)7(12)5-2-1-3-8-5/h5,8,13H,1-4H2,(H,10,11). The van der Waals surface area contributed by atoms with Crippen LogP contribution in [0.25, 0.3) is 0 Å². The Kier molecular flexibility index (Phi) is 3.21. The largest absolute Gasteiger partial charge is 0.480 e. The fourth-order valence-electron chi connectivity index (χ4n) is 1.28. The summed E-state index contributed by atoms with van der Waals surface area (Å²) in [5.41, 5.74) is 0. The molecule has 1 fully saturated rings. The predicted octanol–water partition coefficient (Wildman–Crippen LogP) is -0.959. The first-order valence-corrected chi connectivity index (χ1v) is 4.06. The van der Waals surface area contributed by atoms with Crippen molar-refractivity contribution >= 4 is 11.9 Å². The summed E-state index contributed by atoms with van der Waals surface area (Å²) in [6.45, 7) is 0.0638. The van der Waals surface area contributed by atoms with Crippen LogP contribution < -0.4 is 5.32 Å². The molecule has 1 aliphatic heterocycles. The van der Waals surface area contributed by atoms with Crippen molar-refractivity contribution in [2.45, 2.75) is 18.9 Å². The monoisotopic (exact) mass is 188 g/mol. The molecule has 1 rings (SSSR count). The van der Waals surface area contributed by atoms with Crippen LogP contribution in [0.2, 0.25) is 0 Å². The third-order valence-electron chi connectivity index (χ3n) is 1.90. The highest BCUT2D eigenvalue weighted by molar-refractivity contribution is 5.84. The SMILES string of the molecule is O=C(O)CN(O)C(=O)C1CCCN1. The second kappa shape index (κ2) is 4.20. The van der Waals surface area contributed by atoms with E-state index in [9.17, 15) is 9.59 Å². The summed E-state index contributed by atoms with van der Waals surface area (Å²) in [6, 6.07) is -0.427. The molecule has 0 bridgehead atoms. The summed E-state index contributed by atoms with van der Waals surface area (Å²) in [6.07, 6.45) is 1.52. The molecule has 0 aromatic rings. The molecule has 13 heavy (non-hydrogen) atoms. The normalized spacial score (nSPS) is 21.5. The Balaban J connectivity index is 2.41. The highest BCUT2D eigenvalue weighted by Gasteiger charge is 2.26. The van der Waals surface area contributed by atoms with Gasteiger partial charge in [0.15, 0.2) is 0 Å². The van der Waals surface area contributed by atoms with Gasteiger partial charge in [0.2, 0.25) is 0 Å². The van der Waals surface area contributed by atoms with E-state index in [4.69, 9.17) is 10.3 Å². The van der Waals surface area contributed by atoms with E-state index in [-0.39, 0.29) is 5.06 Å². The zero-order chi connectivity index (χ0) is 9.84. The molecule has 0 radical (unpaired) electrons. The van der Waals surface area contributed by atoms with E-state index in [2.05, 4.69) is 5.32 Å². The molecule has 0 spiro atoms. The summed E-state index contributed by atoms with van der Waals surface area (Å²) >= 11 is 0. The third kappa shape index (κ3) is 2.67. The minimum atomic E-state index is -1.23. The maximum Gasteiger partial charge on any atom is 0.325 e. The van der Waals surface area contributed by atoms with E-state index < -0.39 is 24.5 Å². The number of rotatable bonds is 3. The molecule has 0 saturated carbocycles. The average molecular weight is 188 g/mol. The Morgan fingerprint density at radius 1 is 1.54 bits per heavy atom. The Hall–Kier alpha value is -1.14. The maximum absolute atomic E-state index is 11.2. The number of nitrogens with one attached hydrogen (secondary N) is 1. The summed E-state index contributed by atoms with van der Waals surface area (Å²) in [5.74, 6) is -1.80. The predicted molar refractivity (Wildman–Crippen MR) is 42.2 cm³/mol. The molecule has 1 aliphatic rings. The molecule has 6 heteroatoms. The van der Waals surface area contributed by atoms with E-state index in [0.717, 1.165) is 13.0 Å². The van der Waals surface area contributed by atoms with Gasteiger partial charge in [-0.2, -0.15) is 0 Å². The lowest BCUT2D eigenvalue weighted by atomic mass is 10.2. The minimum Gasteiger partial charge on any atom is -0.480 e. The molecular formula is C7H12N2O4. The molecular weight excluding hydrogens is 176 g/mol. The van der Waals surface area contributed by atoms with Crippen molar-refractivity contribution in [2.75, 3.05) is 13.1 Å². The van der Waals surface area contributed by atoms with Crippen LogP contribution in [-0.4, -0.2) is 46.4 Å². The molecule has 0 aromatic carbocycles. The summed E-state index contributed by atoms with van der Waals surface area (Å²) in [7, 11) is 0. The number of carbonyl (C=O) groups is 2. The van der Waals surface area contributed by atoms with Gasteiger partial charge < -0.3 is 10.4 Å². The molecule has 74 valence electrons. The van der Waals surface area contributed by atoms with Gasteiger partial charge in [-0.05, 0) is 19.4 Å². The van der Waals surface area contributed by atoms with Gasteiger partial charge in [-0.25, -0.2) is 5.06 Å². The van der Waals surface area contributed by atoms with E-state index in [1.165, 1.54) is 0 Å². The van der Waals surface area contributed by atoms with Gasteiger partial charge in [0.25, 0.3) is 5.91 Å². The topological polar surface area (TPSA) is 89.9 Å². The quantitative estimate of drug-likeness (QED) is 0.392. The summed E-state index contributed by atoms with van der Waals surface area (Å²) < 4.78 is 0. The third-order valence-corrected chi connectivity index (χ3v) is 1.90. The molecule has 6 nitrogen and oxygen atoms in total. The lowest BCUT2D eigenvalue weighted by molar-refractivity contribution is -0.175. The number of hydrogen-bond donors (Lipinski definition) is 3. The van der Waals surface area contributed by atoms with Crippen LogP contribution in [0.3, 0.4) is 0 Å². The number of aliphatic carboxylic acids is 1. The fraction of sp³-hybridized carbons (Fsp3) is 0.714. The lowest BCUT2D eigenvalue weighted by Crippen LogP contribution is -2.43. The van der Waals surface area contributed by atoms with Crippen molar-refractivity contribution in [1.29, 1.82) is 0 Å². The van der Waals surface area contributed by atoms with Crippen molar-refractivity contribution in [3.63, 3.8) is 0 Å². The van der Waals surface area contributed by atoms with Crippen LogP contribution in [-0.2, 0) is 9.59 Å². The number of hydrogen-bond acceptors (Lipinski definition) is 4. The molecule has 1 unspecified atom stereocenters. The van der Waals surface area contributed by atoms with Gasteiger partial charge in [0.05, 0.1) is 6.04 Å². The van der Waals surface area contributed by atoms with Crippen molar-refractivity contribution in [1.82, 2.24) is 10.4 Å². The first kappa shape index (κ1) is 9.94. The van der Waals surface area contributed by atoms with Crippen molar-refractivity contribution < 1.29 is 19.9 Å². The van der Waals surface area contributed by atoms with Gasteiger partial charge in [-0.3, -0.25) is 14.8 Å². The van der Waals surface area contributed by atoms with Crippen molar-refractivity contribution in [3.8, 4) is 0 Å². The maximum atomic E-state index is 11.2. The Morgan fingerprint density at radius 2 is 2.23 bits per heavy atom. The fourth-order valence-corrected chi connectivity index (χ4v) is 1.28. The molecule has 3 N–H and O–H groups in total. The Labute approximate surface area is 75.1 Å². The van der Waals surface area contributed by atoms with Gasteiger partial charge in [-0.15, -0.1) is 0 Å². The zero-order valence-electron chi connectivity index (χ0n) is 7.06. The van der Waals surface area contributed by atoms with Crippen molar-refractivity contribution in [2.24, 2.45) is 0 Å². The van der Waals surface area contributed by atoms with E-state index in [0.29, 0.717) is 6.42 Å². The average Bonchev–Trinajstić information content (AvgIpc) is 2.53. The molecule has 1 amide bonds. The van der Waals surface area contributed by atoms with Crippen LogP contribution in [0.4, 0.5) is 0 Å². The van der Waals surface area contributed by atoms with Gasteiger partial charge in [0.1, 0.15) is 6.54 Å². The number of amides is 1. The number of nitrogens with zero attached hydrogens (tertiary/aromatic N) is 1. The second-order valence-electron chi connectivity index (χ2n) is 2.94. The molecule has 1 saturated heterocycles. The Morgan fingerprint density at radius 3 is 2.69 bits per heavy atom. The lowest BCUT2D eigenvalue weighted by Gasteiger charge is -2.16. The van der Waals surface area contributed by atoms with Crippen LogP contribution in [0, 0.1) is 0 Å². The zero-order valence-corrected chi connectivity index (χ0v) is 7.06. The first-order chi connectivity index (χ1) is 6.11. The smallest absolute Gasteiger partial charge is 0.325 e. The van der Waals surface area contributed by atoms with Crippen LogP contribution in [0.1, 0.15) is 12.8 Å². The highest BCUT2D eigenvalue weighted by Crippen LogP contribution is 2.07. The van der Waals surface area contributed by atoms with Crippen LogP contribution in [0.15, 0.2) is 0 Å². The van der Waals surface area contributed by atoms with Gasteiger partial charge in [0, 0.05) is 0 Å². The van der Waals surface area contributed by atoms with E-state index in [1.54, 1.807) is 0 Å². The summed E-state index contributed by atoms with van der Waals surface area (Å²) in [5, 5.41) is 20.4. The molecule has 1 atom stereocenters. The molecule has 0 aromatic heterocycles. The number of carbonyl (C=O) groups excluding carboxylic acids is 1. The van der Waals surface area contributed by atoms with Crippen molar-refractivity contribution in [3.05, 3.63) is 0 Å². The summed E-state index contributed by atoms with van der Waals surface area (Å²) in [4.78, 5) is 21.4. The minimum absolute atomic E-state index is 0.241. The van der Waals surface area contributed by atoms with Crippen LogP contribution in [0.5, 0.6) is 0 Å². The van der Waals surface area contributed by atoms with Gasteiger partial charge in [-0.1, -0.05) is 0 Å². The Bertz CT molecular complexity index is 213. The van der Waals surface area contributed by atoms with E-state index in [1.807, 2.05) is 0 Å². The van der Waals surface area contributed by atoms with Crippen LogP contribution >= 0.6 is 0 Å². The number of carboxylic acids is 1. The highest BCUT2D eigenvalue weighted by atomic mass is 16.5. The van der Waals surface area contributed by atoms with E-state index >= 15 is 0 Å². The molecule has 1 heterocycles. The number of hydroxylamine groups is 2. The number of carboxylic acid groups (broad SMARTS) is 1. The molecule has 0 aliphatic carbocycles.